The lowest BCUT2D eigenvalue weighted by Crippen LogP contribution is -2.65. The number of unbranched alkanes of at least 4 members (excludes halogenated alkanes) is 3. The third-order valence-corrected chi connectivity index (χ3v) is 10.3. The summed E-state index contributed by atoms with van der Waals surface area (Å²) in [6, 6.07) is -0.545. The van der Waals surface area contributed by atoms with Crippen LogP contribution in [-0.2, 0) is 48.1 Å². The van der Waals surface area contributed by atoms with Gasteiger partial charge in [0, 0.05) is 44.8 Å². The zero-order valence-electron chi connectivity index (χ0n) is 30.1. The number of hydrogen-bond donors (Lipinski definition) is 0. The predicted octanol–water partition coefficient (Wildman–Crippen LogP) is 5.30. The fourth-order valence-electron chi connectivity index (χ4n) is 6.60. The van der Waals surface area contributed by atoms with Crippen molar-refractivity contribution in [2.75, 3.05) is 32.5 Å². The normalized spacial score (nSPS) is 22.3. The lowest BCUT2D eigenvalue weighted by Gasteiger charge is -2.47. The second-order valence-corrected chi connectivity index (χ2v) is 15.2. The Kier molecular flexibility index (Phi) is 19.6. The number of sulfonamides is 1. The smallest absolute Gasteiger partial charge is 0.306 e. The molecule has 4 unspecified atom stereocenters. The summed E-state index contributed by atoms with van der Waals surface area (Å²) < 4.78 is 50.2. The van der Waals surface area contributed by atoms with Crippen molar-refractivity contribution in [2.24, 2.45) is 0 Å². The molecule has 0 radical (unpaired) electrons. The van der Waals surface area contributed by atoms with E-state index in [-0.39, 0.29) is 50.8 Å². The summed E-state index contributed by atoms with van der Waals surface area (Å²) >= 11 is 0. The van der Waals surface area contributed by atoms with Gasteiger partial charge in [0.25, 0.3) is 0 Å². The number of rotatable bonds is 22. The maximum Gasteiger partial charge on any atom is 0.306 e. The highest BCUT2D eigenvalue weighted by Crippen LogP contribution is 2.29. The number of piperidine rings is 1. The van der Waals surface area contributed by atoms with Crippen molar-refractivity contribution in [3.05, 3.63) is 0 Å². The van der Waals surface area contributed by atoms with Crippen LogP contribution in [-0.4, -0.2) is 104 Å². The first-order valence-corrected chi connectivity index (χ1v) is 20.2. The Morgan fingerprint density at radius 3 is 1.77 bits per heavy atom. The van der Waals surface area contributed by atoms with Gasteiger partial charge in [-0.1, -0.05) is 59.8 Å². The number of esters is 4. The number of likely N-dealkylation sites (tertiary alicyclic amines) is 1. The first kappa shape index (κ1) is 41.9. The van der Waals surface area contributed by atoms with Gasteiger partial charge >= 0.3 is 23.9 Å². The standard InChI is InChI=1S/C35H62N2O10S/c1-6-17-30(38)44-26-28-34(46-32(40)19-8-3)35(47-33(41)20-9-4)29(45-31(39)18-7-2)25-36(28)23-15-10-11-16-24-37(48(5,42)43)27-21-13-12-14-22-27/h27-29,34-35H,6-26H2,1-5H3. The van der Waals surface area contributed by atoms with Crippen molar-refractivity contribution < 1.29 is 46.5 Å². The van der Waals surface area contributed by atoms with Crippen molar-refractivity contribution in [3.63, 3.8) is 0 Å². The lowest BCUT2D eigenvalue weighted by molar-refractivity contribution is -0.210. The molecule has 12 nitrogen and oxygen atoms in total. The number of ether oxygens (including phenoxy) is 4. The van der Waals surface area contributed by atoms with E-state index >= 15 is 0 Å². The molecule has 1 heterocycles. The fraction of sp³-hybridized carbons (Fsp3) is 0.886. The third kappa shape index (κ3) is 14.7. The minimum atomic E-state index is -3.29. The number of nitrogens with zero attached hydrogens (tertiary/aromatic N) is 2. The Balaban J connectivity index is 2.25. The minimum absolute atomic E-state index is 0.0783. The van der Waals surface area contributed by atoms with E-state index in [2.05, 4.69) is 0 Å². The van der Waals surface area contributed by atoms with Gasteiger partial charge in [-0.3, -0.25) is 24.1 Å². The average Bonchev–Trinajstić information content (AvgIpc) is 3.02. The minimum Gasteiger partial charge on any atom is -0.464 e. The van der Waals surface area contributed by atoms with Crippen molar-refractivity contribution >= 4 is 33.9 Å². The van der Waals surface area contributed by atoms with E-state index in [1.165, 1.54) is 6.26 Å². The average molecular weight is 703 g/mol. The van der Waals surface area contributed by atoms with Crippen LogP contribution in [0.5, 0.6) is 0 Å². The van der Waals surface area contributed by atoms with Gasteiger partial charge in [0.05, 0.1) is 12.3 Å². The molecule has 2 fully saturated rings. The number of carbonyl (C=O) groups excluding carboxylic acids is 4. The molecule has 0 amide bonds. The summed E-state index contributed by atoms with van der Waals surface area (Å²) in [4.78, 5) is 53.0. The lowest BCUT2D eigenvalue weighted by atomic mass is 9.92. The van der Waals surface area contributed by atoms with Crippen LogP contribution >= 0.6 is 0 Å². The van der Waals surface area contributed by atoms with Crippen LogP contribution in [0.2, 0.25) is 0 Å². The van der Waals surface area contributed by atoms with E-state index in [0.29, 0.717) is 38.8 Å². The first-order chi connectivity index (χ1) is 22.9. The van der Waals surface area contributed by atoms with E-state index in [0.717, 1.165) is 57.8 Å². The van der Waals surface area contributed by atoms with Crippen LogP contribution in [0.3, 0.4) is 0 Å². The van der Waals surface area contributed by atoms with Crippen LogP contribution < -0.4 is 0 Å². The third-order valence-electron chi connectivity index (χ3n) is 8.98. The van der Waals surface area contributed by atoms with Gasteiger partial charge < -0.3 is 18.9 Å². The van der Waals surface area contributed by atoms with Crippen molar-refractivity contribution in [2.45, 2.75) is 167 Å². The molecule has 13 heteroatoms. The van der Waals surface area contributed by atoms with Crippen LogP contribution in [0.25, 0.3) is 0 Å². The second-order valence-electron chi connectivity index (χ2n) is 13.3. The highest BCUT2D eigenvalue weighted by atomic mass is 32.2. The van der Waals surface area contributed by atoms with E-state index in [4.69, 9.17) is 18.9 Å². The summed E-state index contributed by atoms with van der Waals surface area (Å²) in [6.45, 7) is 8.61. The topological polar surface area (TPSA) is 146 Å². The highest BCUT2D eigenvalue weighted by Gasteiger charge is 2.50. The molecule has 4 atom stereocenters. The monoisotopic (exact) mass is 702 g/mol. The zero-order valence-corrected chi connectivity index (χ0v) is 30.9. The highest BCUT2D eigenvalue weighted by molar-refractivity contribution is 7.88. The Bertz CT molecular complexity index is 1090. The Hall–Kier alpha value is -2.25. The summed E-state index contributed by atoms with van der Waals surface area (Å²) in [5.74, 6) is -1.76. The number of carbonyl (C=O) groups is 4. The van der Waals surface area contributed by atoms with Crippen LogP contribution in [0, 0.1) is 0 Å². The molecular weight excluding hydrogens is 640 g/mol. The van der Waals surface area contributed by atoms with Gasteiger partial charge in [0.2, 0.25) is 10.0 Å². The molecule has 2 rings (SSSR count). The Labute approximate surface area is 289 Å². The van der Waals surface area contributed by atoms with E-state index in [9.17, 15) is 27.6 Å². The number of hydrogen-bond acceptors (Lipinski definition) is 11. The predicted molar refractivity (Wildman–Crippen MR) is 182 cm³/mol. The summed E-state index contributed by atoms with van der Waals surface area (Å²) in [5.41, 5.74) is 0. The zero-order chi connectivity index (χ0) is 35.5. The fourth-order valence-corrected chi connectivity index (χ4v) is 7.81. The first-order valence-electron chi connectivity index (χ1n) is 18.4. The molecule has 0 aromatic heterocycles. The van der Waals surface area contributed by atoms with Gasteiger partial charge in [-0.05, 0) is 57.9 Å². The van der Waals surface area contributed by atoms with Gasteiger partial charge in [-0.15, -0.1) is 0 Å². The molecule has 1 saturated carbocycles. The van der Waals surface area contributed by atoms with Gasteiger partial charge in [0.1, 0.15) is 6.61 Å². The SMILES string of the molecule is CCCC(=O)OCC1C(OC(=O)CCC)C(OC(=O)CCC)C(OC(=O)CCC)CN1CCCCCCN(C1CCCCC1)S(C)(=O)=O. The maximum absolute atomic E-state index is 12.9. The second kappa shape index (κ2) is 22.5. The van der Waals surface area contributed by atoms with Gasteiger partial charge in [-0.25, -0.2) is 8.42 Å². The summed E-state index contributed by atoms with van der Waals surface area (Å²) in [6.07, 6.45) is 9.58. The van der Waals surface area contributed by atoms with Gasteiger partial charge in [0.15, 0.2) is 18.3 Å². The van der Waals surface area contributed by atoms with Crippen LogP contribution in [0.15, 0.2) is 0 Å². The summed E-state index contributed by atoms with van der Waals surface area (Å²) in [5, 5.41) is 0. The molecule has 1 saturated heterocycles. The molecule has 0 aromatic rings. The van der Waals surface area contributed by atoms with E-state index in [1.54, 1.807) is 4.31 Å². The molecule has 0 N–H and O–H groups in total. The van der Waals surface area contributed by atoms with Gasteiger partial charge in [-0.2, -0.15) is 4.31 Å². The van der Waals surface area contributed by atoms with Crippen molar-refractivity contribution in [3.8, 4) is 0 Å². The Morgan fingerprint density at radius 1 is 0.688 bits per heavy atom. The van der Waals surface area contributed by atoms with Crippen molar-refractivity contribution in [1.29, 1.82) is 0 Å². The molecule has 0 aromatic carbocycles. The summed E-state index contributed by atoms with van der Waals surface area (Å²) in [7, 11) is -3.29. The molecule has 0 spiro atoms. The quantitative estimate of drug-likeness (QED) is 0.0823. The molecule has 1 aliphatic carbocycles. The molecule has 0 bridgehead atoms. The van der Waals surface area contributed by atoms with Crippen LogP contribution in [0.1, 0.15) is 137 Å². The largest absolute Gasteiger partial charge is 0.464 e. The van der Waals surface area contributed by atoms with E-state index in [1.807, 2.05) is 32.6 Å². The maximum atomic E-state index is 12.9. The van der Waals surface area contributed by atoms with Crippen molar-refractivity contribution in [1.82, 2.24) is 9.21 Å². The van der Waals surface area contributed by atoms with Crippen LogP contribution in [0.4, 0.5) is 0 Å². The molecule has 2 aliphatic rings. The Morgan fingerprint density at radius 2 is 1.21 bits per heavy atom. The molecule has 278 valence electrons. The molecular formula is C35H62N2O10S. The van der Waals surface area contributed by atoms with E-state index < -0.39 is 52.3 Å². The molecule has 1 aliphatic heterocycles. The molecule has 48 heavy (non-hydrogen) atoms.